The number of benzene rings is 1. The van der Waals surface area contributed by atoms with E-state index in [1.54, 1.807) is 7.11 Å². The lowest BCUT2D eigenvalue weighted by atomic mass is 9.92. The average molecular weight is 360 g/mol. The van der Waals surface area contributed by atoms with Crippen LogP contribution >= 0.6 is 0 Å². The van der Waals surface area contributed by atoms with Crippen molar-refractivity contribution in [2.24, 2.45) is 11.8 Å². The number of methoxy groups -OCH3 is 1. The number of piperidine rings is 1. The normalized spacial score (nSPS) is 25.3. The summed E-state index contributed by atoms with van der Waals surface area (Å²) in [4.78, 5) is 19.5. The van der Waals surface area contributed by atoms with E-state index in [9.17, 15) is 4.79 Å². The van der Waals surface area contributed by atoms with Crippen LogP contribution in [0.4, 0.5) is 0 Å². The van der Waals surface area contributed by atoms with Gasteiger partial charge in [-0.25, -0.2) is 0 Å². The summed E-state index contributed by atoms with van der Waals surface area (Å²) in [5.41, 5.74) is 1.23. The van der Waals surface area contributed by atoms with Crippen LogP contribution in [0.1, 0.15) is 25.8 Å². The number of amides is 1. The lowest BCUT2D eigenvalue weighted by Gasteiger charge is -2.38. The third-order valence-corrected chi connectivity index (χ3v) is 5.63. The van der Waals surface area contributed by atoms with Gasteiger partial charge in [0.1, 0.15) is 5.75 Å². The Morgan fingerprint density at radius 3 is 2.31 bits per heavy atom. The number of likely N-dealkylation sites (tertiary alicyclic amines) is 1. The predicted octanol–water partition coefficient (Wildman–Crippen LogP) is 2.32. The first-order valence-electron chi connectivity index (χ1n) is 9.89. The zero-order chi connectivity index (χ0) is 18.5. The Balaban J connectivity index is 1.45. The molecule has 2 saturated heterocycles. The smallest absolute Gasteiger partial charge is 0.236 e. The summed E-state index contributed by atoms with van der Waals surface area (Å²) in [7, 11) is 1.73. The molecule has 0 aromatic heterocycles. The highest BCUT2D eigenvalue weighted by Gasteiger charge is 2.27. The molecule has 1 aromatic rings. The molecule has 0 N–H and O–H groups in total. The first-order valence-corrected chi connectivity index (χ1v) is 9.89. The summed E-state index contributed by atoms with van der Waals surface area (Å²) >= 11 is 0. The fourth-order valence-electron chi connectivity index (χ4n) is 4.34. The van der Waals surface area contributed by atoms with E-state index in [4.69, 9.17) is 4.74 Å². The Kier molecular flexibility index (Phi) is 6.54. The molecule has 144 valence electrons. The van der Waals surface area contributed by atoms with E-state index in [1.165, 1.54) is 12.0 Å². The number of nitrogens with zero attached hydrogens (tertiary/aromatic N) is 3. The zero-order valence-corrected chi connectivity index (χ0v) is 16.5. The van der Waals surface area contributed by atoms with E-state index >= 15 is 0 Å². The van der Waals surface area contributed by atoms with E-state index in [2.05, 4.69) is 40.7 Å². The molecule has 5 nitrogen and oxygen atoms in total. The second-order valence-corrected chi connectivity index (χ2v) is 8.11. The summed E-state index contributed by atoms with van der Waals surface area (Å²) < 4.78 is 5.46. The van der Waals surface area contributed by atoms with E-state index in [-0.39, 0.29) is 0 Å². The monoisotopic (exact) mass is 359 g/mol. The average Bonchev–Trinajstić information content (AvgIpc) is 2.63. The van der Waals surface area contributed by atoms with Crippen LogP contribution in [0.3, 0.4) is 0 Å². The molecule has 2 unspecified atom stereocenters. The molecule has 2 heterocycles. The van der Waals surface area contributed by atoms with Gasteiger partial charge in [-0.15, -0.1) is 0 Å². The van der Waals surface area contributed by atoms with Crippen molar-refractivity contribution in [3.05, 3.63) is 29.8 Å². The minimum absolute atomic E-state index is 0.307. The van der Waals surface area contributed by atoms with E-state index in [0.717, 1.165) is 51.6 Å². The standard InChI is InChI=1S/C21H33N3O2/c1-17-12-18(2)14-24(13-17)21(25)16-23-10-8-22(9-11-23)15-19-6-4-5-7-20(19)26-3/h4-7,17-18H,8-16H2,1-3H3. The first-order chi connectivity index (χ1) is 12.5. The SMILES string of the molecule is COc1ccccc1CN1CCN(CC(=O)N2CC(C)CC(C)C2)CC1. The maximum absolute atomic E-state index is 12.7. The summed E-state index contributed by atoms with van der Waals surface area (Å²) in [6.07, 6.45) is 1.24. The first kappa shape index (κ1) is 19.2. The molecule has 2 aliphatic rings. The number of piperazine rings is 1. The topological polar surface area (TPSA) is 36.0 Å². The van der Waals surface area contributed by atoms with Crippen molar-refractivity contribution < 1.29 is 9.53 Å². The summed E-state index contributed by atoms with van der Waals surface area (Å²) in [6, 6.07) is 8.22. The number of ether oxygens (including phenoxy) is 1. The Morgan fingerprint density at radius 1 is 1.04 bits per heavy atom. The van der Waals surface area contributed by atoms with Gasteiger partial charge in [-0.05, 0) is 24.3 Å². The fourth-order valence-corrected chi connectivity index (χ4v) is 4.34. The van der Waals surface area contributed by atoms with Crippen LogP contribution in [0.5, 0.6) is 5.75 Å². The van der Waals surface area contributed by atoms with Crippen molar-refractivity contribution >= 4 is 5.91 Å². The summed E-state index contributed by atoms with van der Waals surface area (Å²) in [5.74, 6) is 2.51. The lowest BCUT2D eigenvalue weighted by Crippen LogP contribution is -2.51. The van der Waals surface area contributed by atoms with Crippen LogP contribution in [0.2, 0.25) is 0 Å². The van der Waals surface area contributed by atoms with Crippen molar-refractivity contribution in [2.75, 3.05) is 52.9 Å². The van der Waals surface area contributed by atoms with Crippen molar-refractivity contribution in [3.8, 4) is 5.75 Å². The van der Waals surface area contributed by atoms with E-state index in [1.807, 2.05) is 12.1 Å². The van der Waals surface area contributed by atoms with Gasteiger partial charge in [-0.1, -0.05) is 32.0 Å². The van der Waals surface area contributed by atoms with Crippen molar-refractivity contribution in [1.29, 1.82) is 0 Å². The minimum Gasteiger partial charge on any atom is -0.496 e. The molecule has 0 radical (unpaired) electrons. The second-order valence-electron chi connectivity index (χ2n) is 8.11. The molecular formula is C21H33N3O2. The van der Waals surface area contributed by atoms with Crippen molar-refractivity contribution in [1.82, 2.24) is 14.7 Å². The molecule has 3 rings (SSSR count). The highest BCUT2D eigenvalue weighted by molar-refractivity contribution is 5.78. The summed E-state index contributed by atoms with van der Waals surface area (Å²) in [6.45, 7) is 11.8. The van der Waals surface area contributed by atoms with Gasteiger partial charge >= 0.3 is 0 Å². The van der Waals surface area contributed by atoms with Gasteiger partial charge in [0.25, 0.3) is 0 Å². The molecule has 0 aliphatic carbocycles. The number of rotatable bonds is 5. The Bertz CT molecular complexity index is 589. The van der Waals surface area contributed by atoms with Crippen LogP contribution in [0.25, 0.3) is 0 Å². The number of hydrogen-bond acceptors (Lipinski definition) is 4. The van der Waals surface area contributed by atoms with E-state index in [0.29, 0.717) is 24.3 Å². The Morgan fingerprint density at radius 2 is 1.65 bits per heavy atom. The zero-order valence-electron chi connectivity index (χ0n) is 16.5. The van der Waals surface area contributed by atoms with E-state index < -0.39 is 0 Å². The van der Waals surface area contributed by atoms with Gasteiger partial charge in [-0.2, -0.15) is 0 Å². The van der Waals surface area contributed by atoms with Gasteiger partial charge < -0.3 is 9.64 Å². The molecule has 0 saturated carbocycles. The molecule has 2 aliphatic heterocycles. The molecule has 5 heteroatoms. The van der Waals surface area contributed by atoms with Gasteiger partial charge in [0.2, 0.25) is 5.91 Å². The van der Waals surface area contributed by atoms with Crippen LogP contribution in [-0.2, 0) is 11.3 Å². The minimum atomic E-state index is 0.307. The van der Waals surface area contributed by atoms with Gasteiger partial charge in [-0.3, -0.25) is 14.6 Å². The molecule has 2 fully saturated rings. The molecule has 0 bridgehead atoms. The largest absolute Gasteiger partial charge is 0.496 e. The van der Waals surface area contributed by atoms with Crippen LogP contribution in [-0.4, -0.2) is 73.5 Å². The number of carbonyl (C=O) groups excluding carboxylic acids is 1. The third kappa shape index (κ3) is 4.98. The Hall–Kier alpha value is -1.59. The quantitative estimate of drug-likeness (QED) is 0.808. The molecular weight excluding hydrogens is 326 g/mol. The number of carbonyl (C=O) groups is 1. The summed E-state index contributed by atoms with van der Waals surface area (Å²) in [5, 5.41) is 0. The molecule has 1 aromatic carbocycles. The van der Waals surface area contributed by atoms with Gasteiger partial charge in [0.05, 0.1) is 13.7 Å². The highest BCUT2D eigenvalue weighted by atomic mass is 16.5. The van der Waals surface area contributed by atoms with Crippen molar-refractivity contribution in [2.45, 2.75) is 26.8 Å². The number of para-hydroxylation sites is 1. The molecule has 2 atom stereocenters. The predicted molar refractivity (Wildman–Crippen MR) is 104 cm³/mol. The van der Waals surface area contributed by atoms with Crippen LogP contribution < -0.4 is 4.74 Å². The van der Waals surface area contributed by atoms with Gasteiger partial charge in [0, 0.05) is 51.4 Å². The maximum atomic E-state index is 12.7. The fraction of sp³-hybridized carbons (Fsp3) is 0.667. The molecule has 26 heavy (non-hydrogen) atoms. The second kappa shape index (κ2) is 8.87. The molecule has 0 spiro atoms. The highest BCUT2D eigenvalue weighted by Crippen LogP contribution is 2.22. The Labute approximate surface area is 157 Å². The maximum Gasteiger partial charge on any atom is 0.236 e. The third-order valence-electron chi connectivity index (χ3n) is 5.63. The van der Waals surface area contributed by atoms with Crippen LogP contribution in [0.15, 0.2) is 24.3 Å². The van der Waals surface area contributed by atoms with Crippen LogP contribution in [0, 0.1) is 11.8 Å². The lowest BCUT2D eigenvalue weighted by molar-refractivity contribution is -0.135. The van der Waals surface area contributed by atoms with Crippen molar-refractivity contribution in [3.63, 3.8) is 0 Å². The van der Waals surface area contributed by atoms with Gasteiger partial charge in [0.15, 0.2) is 0 Å². The number of hydrogen-bond donors (Lipinski definition) is 0. The molecule has 1 amide bonds.